The third kappa shape index (κ3) is 3.22. The normalized spacial score (nSPS) is 12.2. The molecule has 6 heteroatoms. The van der Waals surface area contributed by atoms with Crippen molar-refractivity contribution in [3.05, 3.63) is 27.8 Å². The Morgan fingerprint density at radius 3 is 2.05 bits per heavy atom. The van der Waals surface area contributed by atoms with Gasteiger partial charge in [-0.15, -0.1) is 0 Å². The van der Waals surface area contributed by atoms with E-state index >= 15 is 0 Å². The van der Waals surface area contributed by atoms with Crippen molar-refractivity contribution in [1.82, 2.24) is 19.7 Å². The minimum Gasteiger partial charge on any atom is -0.275 e. The average Bonchev–Trinajstić information content (AvgIpc) is 2.69. The number of aryl methyl sites for hydroxylation is 1. The highest BCUT2D eigenvalue weighted by Gasteiger charge is 2.25. The Balaban J connectivity index is 2.64. The molecule has 0 saturated heterocycles. The Kier molecular flexibility index (Phi) is 4.31. The summed E-state index contributed by atoms with van der Waals surface area (Å²) in [4.78, 5) is 8.86. The van der Waals surface area contributed by atoms with Crippen molar-refractivity contribution in [3.63, 3.8) is 0 Å². The van der Waals surface area contributed by atoms with Crippen molar-refractivity contribution < 1.29 is 0 Å². The van der Waals surface area contributed by atoms with Gasteiger partial charge in [-0.1, -0.05) is 57.8 Å². The highest BCUT2D eigenvalue weighted by molar-refractivity contribution is 6.34. The van der Waals surface area contributed by atoms with Crippen LogP contribution < -0.4 is 0 Å². The van der Waals surface area contributed by atoms with E-state index in [0.29, 0.717) is 16.1 Å². The minimum atomic E-state index is -0.115. The molecule has 0 aliphatic carbocycles. The van der Waals surface area contributed by atoms with Crippen LogP contribution in [0.5, 0.6) is 0 Å². The van der Waals surface area contributed by atoms with Gasteiger partial charge in [0.25, 0.3) is 0 Å². The Hall–Kier alpha value is -1.13. The molecule has 0 bridgehead atoms. The first-order valence-electron chi connectivity index (χ1n) is 6.88. The summed E-state index contributed by atoms with van der Waals surface area (Å²) in [7, 11) is 1.88. The van der Waals surface area contributed by atoms with Crippen LogP contribution in [0.3, 0.4) is 0 Å². The standard InChI is InChI=1S/C15H20Cl2N4/c1-8(2)10-12(16)18-14(19-13(10)17)9-7-21(6)20-11(9)15(3,4)5/h7-8H,1-6H3. The van der Waals surface area contributed by atoms with E-state index in [1.807, 2.05) is 27.1 Å². The van der Waals surface area contributed by atoms with Crippen molar-refractivity contribution in [2.45, 2.75) is 46.0 Å². The van der Waals surface area contributed by atoms with Crippen molar-refractivity contribution in [2.75, 3.05) is 0 Å². The van der Waals surface area contributed by atoms with Gasteiger partial charge < -0.3 is 0 Å². The Bertz CT molecular complexity index is 646. The van der Waals surface area contributed by atoms with Gasteiger partial charge in [0.1, 0.15) is 10.3 Å². The van der Waals surface area contributed by atoms with Crippen LogP contribution >= 0.6 is 23.2 Å². The molecule has 2 rings (SSSR count). The zero-order valence-corrected chi connectivity index (χ0v) is 14.7. The van der Waals surface area contributed by atoms with Crippen LogP contribution in [0.2, 0.25) is 10.3 Å². The summed E-state index contributed by atoms with van der Waals surface area (Å²) >= 11 is 12.6. The lowest BCUT2D eigenvalue weighted by atomic mass is 9.89. The lowest BCUT2D eigenvalue weighted by Gasteiger charge is -2.17. The highest BCUT2D eigenvalue weighted by Crippen LogP contribution is 2.34. The maximum absolute atomic E-state index is 6.29. The topological polar surface area (TPSA) is 43.6 Å². The second-order valence-electron chi connectivity index (χ2n) is 6.51. The molecule has 0 aliphatic heterocycles. The molecule has 0 radical (unpaired) electrons. The number of nitrogens with zero attached hydrogens (tertiary/aromatic N) is 4. The predicted molar refractivity (Wildman–Crippen MR) is 87.0 cm³/mol. The fourth-order valence-electron chi connectivity index (χ4n) is 2.22. The first kappa shape index (κ1) is 16.2. The van der Waals surface area contributed by atoms with E-state index in [9.17, 15) is 0 Å². The molecule has 2 aromatic rings. The maximum atomic E-state index is 6.29. The van der Waals surface area contributed by atoms with Gasteiger partial charge in [0, 0.05) is 24.2 Å². The molecule has 0 spiro atoms. The fourth-order valence-corrected chi connectivity index (χ4v) is 3.04. The van der Waals surface area contributed by atoms with Crippen LogP contribution in [0.4, 0.5) is 0 Å². The molecule has 0 amide bonds. The third-order valence-electron chi connectivity index (χ3n) is 3.21. The molecule has 0 fully saturated rings. The van der Waals surface area contributed by atoms with Crippen molar-refractivity contribution in [2.24, 2.45) is 7.05 Å². The maximum Gasteiger partial charge on any atom is 0.166 e. The first-order valence-corrected chi connectivity index (χ1v) is 7.64. The summed E-state index contributed by atoms with van der Waals surface area (Å²) in [5.74, 6) is 0.697. The second kappa shape index (κ2) is 5.58. The van der Waals surface area contributed by atoms with Crippen LogP contribution in [-0.4, -0.2) is 19.7 Å². The van der Waals surface area contributed by atoms with E-state index in [0.717, 1.165) is 16.8 Å². The SMILES string of the molecule is CC(C)c1c(Cl)nc(-c2cn(C)nc2C(C)(C)C)nc1Cl. The summed E-state index contributed by atoms with van der Waals surface area (Å²) in [6.07, 6.45) is 1.90. The number of aromatic nitrogens is 4. The molecule has 4 nitrogen and oxygen atoms in total. The van der Waals surface area contributed by atoms with E-state index in [1.54, 1.807) is 4.68 Å². The van der Waals surface area contributed by atoms with Gasteiger partial charge >= 0.3 is 0 Å². The Labute approximate surface area is 135 Å². The largest absolute Gasteiger partial charge is 0.275 e. The quantitative estimate of drug-likeness (QED) is 0.757. The molecular weight excluding hydrogens is 307 g/mol. The van der Waals surface area contributed by atoms with Gasteiger partial charge in [-0.3, -0.25) is 4.68 Å². The molecular formula is C15H20Cl2N4. The van der Waals surface area contributed by atoms with E-state index in [4.69, 9.17) is 23.2 Å². The monoisotopic (exact) mass is 326 g/mol. The van der Waals surface area contributed by atoms with Crippen LogP contribution in [0.15, 0.2) is 6.20 Å². The zero-order chi connectivity index (χ0) is 15.9. The lowest BCUT2D eigenvalue weighted by Crippen LogP contribution is -2.14. The van der Waals surface area contributed by atoms with Crippen molar-refractivity contribution in [1.29, 1.82) is 0 Å². The highest BCUT2D eigenvalue weighted by atomic mass is 35.5. The number of halogens is 2. The molecule has 0 aromatic carbocycles. The van der Waals surface area contributed by atoms with E-state index < -0.39 is 0 Å². The van der Waals surface area contributed by atoms with Gasteiger partial charge in [0.2, 0.25) is 0 Å². The van der Waals surface area contributed by atoms with E-state index in [-0.39, 0.29) is 11.3 Å². The van der Waals surface area contributed by atoms with Gasteiger partial charge in [-0.05, 0) is 5.92 Å². The summed E-state index contributed by atoms with van der Waals surface area (Å²) < 4.78 is 1.76. The molecule has 0 atom stereocenters. The van der Waals surface area contributed by atoms with Crippen molar-refractivity contribution >= 4 is 23.2 Å². The molecule has 114 valence electrons. The van der Waals surface area contributed by atoms with Crippen LogP contribution in [0, 0.1) is 0 Å². The van der Waals surface area contributed by atoms with Crippen LogP contribution in [0.1, 0.15) is 51.8 Å². The summed E-state index contributed by atoms with van der Waals surface area (Å²) in [6, 6.07) is 0. The fraction of sp³-hybridized carbons (Fsp3) is 0.533. The zero-order valence-electron chi connectivity index (χ0n) is 13.2. The molecule has 0 unspecified atom stereocenters. The lowest BCUT2D eigenvalue weighted by molar-refractivity contribution is 0.554. The third-order valence-corrected chi connectivity index (χ3v) is 3.79. The van der Waals surface area contributed by atoms with E-state index in [2.05, 4.69) is 35.8 Å². The minimum absolute atomic E-state index is 0.115. The van der Waals surface area contributed by atoms with Crippen LogP contribution in [-0.2, 0) is 12.5 Å². The van der Waals surface area contributed by atoms with Gasteiger partial charge in [0.15, 0.2) is 5.82 Å². The first-order chi connectivity index (χ1) is 9.61. The van der Waals surface area contributed by atoms with Gasteiger partial charge in [-0.25, -0.2) is 9.97 Å². The molecule has 0 saturated carbocycles. The van der Waals surface area contributed by atoms with Crippen LogP contribution in [0.25, 0.3) is 11.4 Å². The van der Waals surface area contributed by atoms with Crippen molar-refractivity contribution in [3.8, 4) is 11.4 Å². The van der Waals surface area contributed by atoms with Gasteiger partial charge in [0.05, 0.1) is 11.3 Å². The summed E-state index contributed by atoms with van der Waals surface area (Å²) in [5, 5.41) is 5.34. The molecule has 2 heterocycles. The Morgan fingerprint density at radius 2 is 1.62 bits per heavy atom. The summed E-state index contributed by atoms with van der Waals surface area (Å²) in [5.41, 5.74) is 2.46. The molecule has 0 aliphatic rings. The number of hydrogen-bond donors (Lipinski definition) is 0. The molecule has 2 aromatic heterocycles. The van der Waals surface area contributed by atoms with E-state index in [1.165, 1.54) is 0 Å². The molecule has 21 heavy (non-hydrogen) atoms. The summed E-state index contributed by atoms with van der Waals surface area (Å²) in [6.45, 7) is 10.3. The smallest absolute Gasteiger partial charge is 0.166 e. The Morgan fingerprint density at radius 1 is 1.10 bits per heavy atom. The second-order valence-corrected chi connectivity index (χ2v) is 7.23. The number of rotatable bonds is 2. The van der Waals surface area contributed by atoms with Gasteiger partial charge in [-0.2, -0.15) is 5.10 Å². The molecule has 0 N–H and O–H groups in total. The number of hydrogen-bond acceptors (Lipinski definition) is 3. The average molecular weight is 327 g/mol. The predicted octanol–water partition coefficient (Wildman–Crippen LogP) is 4.60.